The molecule has 0 aliphatic heterocycles. The topological polar surface area (TPSA) is 32.7 Å². The third-order valence-electron chi connectivity index (χ3n) is 4.51. The standard InChI is InChI=1S/C26H29NO2/c1-4-25(20-8-6-5-7-9-20)26(21-10-14-23(28)15-11-21)22-12-16-24(17-13-22)29-19-18-27(2)3/h5-17,28H,4,18-19H2,1-3H3/b26-25-/i18D2,19D2. The van der Waals surface area contributed by atoms with Crippen LogP contribution in [0.5, 0.6) is 11.5 Å². The van der Waals surface area contributed by atoms with Crippen LogP contribution in [-0.2, 0) is 0 Å². The van der Waals surface area contributed by atoms with Gasteiger partial charge in [0.15, 0.2) is 0 Å². The fourth-order valence-corrected chi connectivity index (χ4v) is 3.17. The minimum atomic E-state index is -2.55. The summed E-state index contributed by atoms with van der Waals surface area (Å²) in [4.78, 5) is 1.15. The van der Waals surface area contributed by atoms with Crippen molar-refractivity contribution in [3.63, 3.8) is 0 Å². The normalized spacial score (nSPS) is 15.0. The molecular formula is C26H29NO2. The first kappa shape index (κ1) is 15.8. The van der Waals surface area contributed by atoms with Crippen LogP contribution < -0.4 is 4.74 Å². The van der Waals surface area contributed by atoms with E-state index in [1.165, 1.54) is 14.1 Å². The van der Waals surface area contributed by atoms with Crippen LogP contribution in [0.3, 0.4) is 0 Å². The summed E-state index contributed by atoms with van der Waals surface area (Å²) in [5.74, 6) is 0.425. The zero-order chi connectivity index (χ0) is 24.2. The van der Waals surface area contributed by atoms with E-state index in [-0.39, 0.29) is 11.5 Å². The van der Waals surface area contributed by atoms with E-state index in [2.05, 4.69) is 19.1 Å². The molecule has 29 heavy (non-hydrogen) atoms. The molecule has 150 valence electrons. The lowest BCUT2D eigenvalue weighted by atomic mass is 9.88. The number of benzene rings is 3. The van der Waals surface area contributed by atoms with Gasteiger partial charge in [-0.25, -0.2) is 0 Å². The van der Waals surface area contributed by atoms with E-state index in [9.17, 15) is 5.11 Å². The van der Waals surface area contributed by atoms with E-state index in [4.69, 9.17) is 10.2 Å². The summed E-state index contributed by atoms with van der Waals surface area (Å²) in [5, 5.41) is 9.77. The van der Waals surface area contributed by atoms with E-state index in [0.717, 1.165) is 39.2 Å². The highest BCUT2D eigenvalue weighted by Gasteiger charge is 2.13. The van der Waals surface area contributed by atoms with Crippen molar-refractivity contribution in [1.82, 2.24) is 4.90 Å². The van der Waals surface area contributed by atoms with Crippen LogP contribution in [0.25, 0.3) is 11.1 Å². The summed E-state index contributed by atoms with van der Waals surface area (Å²) in [6.07, 6.45) is 0.782. The highest BCUT2D eigenvalue weighted by molar-refractivity contribution is 5.98. The van der Waals surface area contributed by atoms with Gasteiger partial charge < -0.3 is 14.7 Å². The quantitative estimate of drug-likeness (QED) is 0.500. The first-order chi connectivity index (χ1) is 15.6. The molecule has 3 aromatic rings. The molecule has 1 N–H and O–H groups in total. The number of phenolic OH excluding ortho intramolecular Hbond substituents is 1. The minimum absolute atomic E-state index is 0.192. The van der Waals surface area contributed by atoms with Crippen LogP contribution in [0.4, 0.5) is 0 Å². The van der Waals surface area contributed by atoms with Gasteiger partial charge in [-0.15, -0.1) is 0 Å². The Morgan fingerprint density at radius 3 is 2.00 bits per heavy atom. The highest BCUT2D eigenvalue weighted by Crippen LogP contribution is 2.35. The lowest BCUT2D eigenvalue weighted by molar-refractivity contribution is 0.261. The molecule has 0 fully saturated rings. The van der Waals surface area contributed by atoms with Crippen LogP contribution in [0.1, 0.15) is 35.5 Å². The second-order valence-corrected chi connectivity index (χ2v) is 6.85. The molecule has 3 heteroatoms. The number of allylic oxidation sites excluding steroid dienone is 1. The Morgan fingerprint density at radius 2 is 1.45 bits per heavy atom. The van der Waals surface area contributed by atoms with E-state index in [1.54, 1.807) is 24.3 Å². The van der Waals surface area contributed by atoms with Crippen LogP contribution in [0.15, 0.2) is 78.9 Å². The van der Waals surface area contributed by atoms with E-state index in [1.807, 2.05) is 42.5 Å². The van der Waals surface area contributed by atoms with Gasteiger partial charge in [0.25, 0.3) is 0 Å². The van der Waals surface area contributed by atoms with Crippen LogP contribution >= 0.6 is 0 Å². The molecule has 0 radical (unpaired) electrons. The number of phenols is 1. The van der Waals surface area contributed by atoms with Crippen molar-refractivity contribution in [2.45, 2.75) is 13.3 Å². The lowest BCUT2D eigenvalue weighted by Gasteiger charge is -2.17. The Bertz CT molecular complexity index is 1090. The lowest BCUT2D eigenvalue weighted by Crippen LogP contribution is -2.19. The highest BCUT2D eigenvalue weighted by atomic mass is 16.5. The molecule has 0 bridgehead atoms. The van der Waals surface area contributed by atoms with Crippen LogP contribution in [-0.4, -0.2) is 37.2 Å². The number of rotatable bonds is 8. The maximum Gasteiger partial charge on any atom is 0.119 e. The Balaban J connectivity index is 2.06. The summed E-state index contributed by atoms with van der Waals surface area (Å²) < 4.78 is 37.6. The number of hydrogen-bond donors (Lipinski definition) is 1. The summed E-state index contributed by atoms with van der Waals surface area (Å²) in [6, 6.07) is 24.1. The predicted molar refractivity (Wildman–Crippen MR) is 121 cm³/mol. The Kier molecular flexibility index (Phi) is 5.43. The van der Waals surface area contributed by atoms with Gasteiger partial charge in [0.05, 0.1) is 2.74 Å². The summed E-state index contributed by atoms with van der Waals surface area (Å²) in [7, 11) is 2.93. The van der Waals surface area contributed by atoms with Crippen molar-refractivity contribution in [3.05, 3.63) is 95.6 Å². The van der Waals surface area contributed by atoms with Gasteiger partial charge in [-0.3, -0.25) is 0 Å². The van der Waals surface area contributed by atoms with Gasteiger partial charge in [-0.1, -0.05) is 61.5 Å². The Labute approximate surface area is 179 Å². The molecule has 3 rings (SSSR count). The van der Waals surface area contributed by atoms with Crippen molar-refractivity contribution in [2.75, 3.05) is 27.2 Å². The molecular weight excluding hydrogens is 358 g/mol. The van der Waals surface area contributed by atoms with E-state index >= 15 is 0 Å². The number of aromatic hydroxyl groups is 1. The van der Waals surface area contributed by atoms with Gasteiger partial charge in [0, 0.05) is 9.24 Å². The van der Waals surface area contributed by atoms with E-state index in [0.29, 0.717) is 0 Å². The minimum Gasteiger partial charge on any atom is -0.508 e. The molecule has 0 aliphatic rings. The Hall–Kier alpha value is -3.04. The van der Waals surface area contributed by atoms with Crippen molar-refractivity contribution in [2.24, 2.45) is 0 Å². The van der Waals surface area contributed by atoms with Crippen LogP contribution in [0, 0.1) is 0 Å². The molecule has 0 unspecified atom stereocenters. The fourth-order valence-electron chi connectivity index (χ4n) is 3.17. The zero-order valence-electron chi connectivity index (χ0n) is 21.0. The van der Waals surface area contributed by atoms with Gasteiger partial charge in [0.2, 0.25) is 0 Å². The molecule has 0 aliphatic carbocycles. The van der Waals surface area contributed by atoms with Crippen molar-refractivity contribution < 1.29 is 15.3 Å². The molecule has 3 nitrogen and oxygen atoms in total. The maximum atomic E-state index is 9.77. The van der Waals surface area contributed by atoms with Crippen molar-refractivity contribution in [1.29, 1.82) is 0 Å². The summed E-state index contributed by atoms with van der Waals surface area (Å²) >= 11 is 0. The fraction of sp³-hybridized carbons (Fsp3) is 0.231. The average molecular weight is 392 g/mol. The molecule has 0 amide bonds. The summed E-state index contributed by atoms with van der Waals surface area (Å²) in [5.41, 5.74) is 5.08. The predicted octanol–water partition coefficient (Wildman–Crippen LogP) is 5.70. The number of ether oxygens (including phenoxy) is 1. The van der Waals surface area contributed by atoms with Gasteiger partial charge in [-0.05, 0) is 72.6 Å². The van der Waals surface area contributed by atoms with Crippen LogP contribution in [0.2, 0.25) is 0 Å². The monoisotopic (exact) mass is 391 g/mol. The molecule has 0 atom stereocenters. The molecule has 0 spiro atoms. The SMILES string of the molecule is [2H]C([2H])(Oc1ccc(/C(=C(/CC)c2ccccc2)c2ccc(O)cc2)cc1)C([2H])([2H])N(C)C. The van der Waals surface area contributed by atoms with Gasteiger partial charge >= 0.3 is 0 Å². The third-order valence-corrected chi connectivity index (χ3v) is 4.51. The first-order valence-corrected chi connectivity index (χ1v) is 9.61. The molecule has 0 heterocycles. The second-order valence-electron chi connectivity index (χ2n) is 6.85. The van der Waals surface area contributed by atoms with Crippen molar-refractivity contribution in [3.8, 4) is 11.5 Å². The Morgan fingerprint density at radius 1 is 0.862 bits per heavy atom. The molecule has 0 saturated heterocycles. The second kappa shape index (κ2) is 9.94. The smallest absolute Gasteiger partial charge is 0.119 e. The molecule has 3 aromatic carbocycles. The average Bonchev–Trinajstić information content (AvgIpc) is 2.79. The largest absolute Gasteiger partial charge is 0.508 e. The number of hydrogen-bond acceptors (Lipinski definition) is 3. The zero-order valence-corrected chi connectivity index (χ0v) is 17.0. The summed E-state index contributed by atoms with van der Waals surface area (Å²) in [6.45, 7) is -2.77. The van der Waals surface area contributed by atoms with E-state index < -0.39 is 13.1 Å². The first-order valence-electron chi connectivity index (χ1n) is 11.6. The van der Waals surface area contributed by atoms with Crippen molar-refractivity contribution >= 4 is 11.1 Å². The third kappa shape index (κ3) is 5.49. The van der Waals surface area contributed by atoms with Gasteiger partial charge in [0.1, 0.15) is 18.1 Å². The maximum absolute atomic E-state index is 9.77. The molecule has 0 saturated carbocycles. The van der Waals surface area contributed by atoms with Gasteiger partial charge in [-0.2, -0.15) is 0 Å². The number of likely N-dealkylation sites (N-methyl/N-ethyl adjacent to an activating group) is 1. The number of nitrogens with zero attached hydrogens (tertiary/aromatic N) is 1. The molecule has 0 aromatic heterocycles.